The molecule has 0 atom stereocenters. The molecule has 1 nitrogen and oxygen atoms in total. The molecule has 0 radical (unpaired) electrons. The highest BCUT2D eigenvalue weighted by Gasteiger charge is 2.81. The van der Waals surface area contributed by atoms with Crippen LogP contribution in [0, 0.1) is 0 Å². The quantitative estimate of drug-likeness (QED) is 0.287. The van der Waals surface area contributed by atoms with Crippen LogP contribution >= 0.6 is 0 Å². The highest BCUT2D eigenvalue weighted by Crippen LogP contribution is 2.53. The predicted molar refractivity (Wildman–Crippen MR) is 81.4 cm³/mol. The molecule has 1 aromatic carbocycles. The van der Waals surface area contributed by atoms with E-state index < -0.39 is 36.9 Å². The van der Waals surface area contributed by atoms with E-state index in [4.69, 9.17) is 0 Å². The topological polar surface area (TPSA) is 3.88 Å². The van der Waals surface area contributed by atoms with Gasteiger partial charge < -0.3 is 24.0 Å². The number of alkyl halides is 9. The molecule has 162 valence electrons. The lowest BCUT2D eigenvalue weighted by molar-refractivity contribution is -0.700. The lowest BCUT2D eigenvalue weighted by Crippen LogP contribution is -3.00. The normalized spacial score (nSPS) is 13.1. The van der Waals surface area contributed by atoms with E-state index in [2.05, 4.69) is 0 Å². The molecule has 0 aliphatic carbocycles. The molecule has 0 amide bonds. The Labute approximate surface area is 177 Å². The number of hydrogen-bond donors (Lipinski definition) is 0. The first-order valence-corrected chi connectivity index (χ1v) is 8.00. The molecule has 2 rings (SSSR count). The molecule has 0 spiro atoms. The van der Waals surface area contributed by atoms with Gasteiger partial charge in [0.2, 0.25) is 0 Å². The van der Waals surface area contributed by atoms with Crippen LogP contribution < -0.4 is 28.5 Å². The largest absolute Gasteiger partial charge is 1.00 e. The number of halogens is 10. The summed E-state index contributed by atoms with van der Waals surface area (Å²) in [4.78, 5) is 0. The number of hydrogen-bond acceptors (Lipinski definition) is 0. The van der Waals surface area contributed by atoms with Crippen LogP contribution in [-0.4, -0.2) is 23.9 Å². The van der Waals surface area contributed by atoms with Gasteiger partial charge in [-0.2, -0.15) is 39.5 Å². The van der Waals surface area contributed by atoms with E-state index in [1.807, 2.05) is 30.3 Å². The third-order valence-electron chi connectivity index (χ3n) is 4.10. The van der Waals surface area contributed by atoms with Crippen molar-refractivity contribution in [1.29, 1.82) is 0 Å². The zero-order valence-corrected chi connectivity index (χ0v) is 16.7. The van der Waals surface area contributed by atoms with Gasteiger partial charge in [0.15, 0.2) is 18.9 Å². The molecule has 0 aliphatic rings. The average molecular weight is 543 g/mol. The smallest absolute Gasteiger partial charge is 0.460 e. The Morgan fingerprint density at radius 1 is 0.655 bits per heavy atom. The van der Waals surface area contributed by atoms with Crippen molar-refractivity contribution in [2.75, 3.05) is 0 Å². The van der Waals surface area contributed by atoms with E-state index in [-0.39, 0.29) is 24.0 Å². The summed E-state index contributed by atoms with van der Waals surface area (Å²) in [5.74, 6) is -19.0. The SMILES string of the molecule is FC(F)(F)C(F)(F)C(F)(F)C(F)(F)CC[n+]1ccc(Cc2ccccc2)cc1.[I-]. The molecular formula is C18H15F9IN. The molecule has 1 aromatic heterocycles. The predicted octanol–water partition coefficient (Wildman–Crippen LogP) is 2.43. The summed E-state index contributed by atoms with van der Waals surface area (Å²) in [5.41, 5.74) is 1.73. The molecule has 0 unspecified atom stereocenters. The van der Waals surface area contributed by atoms with Crippen molar-refractivity contribution < 1.29 is 68.1 Å². The fourth-order valence-corrected chi connectivity index (χ4v) is 2.42. The van der Waals surface area contributed by atoms with E-state index in [1.54, 1.807) is 0 Å². The van der Waals surface area contributed by atoms with Crippen LogP contribution in [0.25, 0.3) is 0 Å². The molecule has 2 aromatic rings. The maximum absolute atomic E-state index is 13.5. The molecule has 0 saturated heterocycles. The Morgan fingerprint density at radius 2 is 1.14 bits per heavy atom. The van der Waals surface area contributed by atoms with Crippen molar-refractivity contribution >= 4 is 0 Å². The number of rotatable bonds is 7. The molecule has 1 heterocycles. The number of nitrogens with zero attached hydrogens (tertiary/aromatic N) is 1. The van der Waals surface area contributed by atoms with Crippen molar-refractivity contribution in [3.05, 3.63) is 66.0 Å². The lowest BCUT2D eigenvalue weighted by atomic mass is 10.0. The van der Waals surface area contributed by atoms with Gasteiger partial charge in [-0.25, -0.2) is 4.57 Å². The van der Waals surface area contributed by atoms with Gasteiger partial charge in [0, 0.05) is 12.1 Å². The maximum atomic E-state index is 13.5. The van der Waals surface area contributed by atoms with Gasteiger partial charge in [-0.3, -0.25) is 0 Å². The van der Waals surface area contributed by atoms with E-state index in [1.165, 1.54) is 24.5 Å². The second-order valence-corrected chi connectivity index (χ2v) is 6.21. The first-order valence-electron chi connectivity index (χ1n) is 8.00. The summed E-state index contributed by atoms with van der Waals surface area (Å²) in [5, 5.41) is 0. The van der Waals surface area contributed by atoms with Crippen LogP contribution in [0.15, 0.2) is 54.9 Å². The fraction of sp³-hybridized carbons (Fsp3) is 0.389. The zero-order valence-electron chi connectivity index (χ0n) is 14.5. The third-order valence-corrected chi connectivity index (χ3v) is 4.10. The standard InChI is InChI=1S/C18H15F9N.HI/c19-15(20,16(21,22)17(23,24)18(25,26)27)8-11-28-9-6-14(7-10-28)12-13-4-2-1-3-5-13;/h1-7,9-10H,8,11-12H2;1H/q+1;/p-1. The van der Waals surface area contributed by atoms with Crippen LogP contribution in [-0.2, 0) is 13.0 Å². The first kappa shape index (κ1) is 25.5. The summed E-state index contributed by atoms with van der Waals surface area (Å²) in [6.07, 6.45) is -5.67. The van der Waals surface area contributed by atoms with Gasteiger partial charge in [0.1, 0.15) is 0 Å². The van der Waals surface area contributed by atoms with E-state index in [9.17, 15) is 39.5 Å². The number of aromatic nitrogens is 1. The molecule has 0 fully saturated rings. The number of benzene rings is 1. The summed E-state index contributed by atoms with van der Waals surface area (Å²) in [6, 6.07) is 12.2. The van der Waals surface area contributed by atoms with Crippen molar-refractivity contribution in [1.82, 2.24) is 0 Å². The second kappa shape index (κ2) is 9.09. The summed E-state index contributed by atoms with van der Waals surface area (Å²) in [6.45, 7) is -0.873. The van der Waals surface area contributed by atoms with Crippen molar-refractivity contribution in [2.24, 2.45) is 0 Å². The van der Waals surface area contributed by atoms with Gasteiger partial charge in [-0.1, -0.05) is 30.3 Å². The highest BCUT2D eigenvalue weighted by atomic mass is 127. The Bertz CT molecular complexity index is 774. The van der Waals surface area contributed by atoms with Crippen LogP contribution in [0.2, 0.25) is 0 Å². The number of aryl methyl sites for hydroxylation is 1. The summed E-state index contributed by atoms with van der Waals surface area (Å²) >= 11 is 0. The molecule has 0 bridgehead atoms. The molecular weight excluding hydrogens is 528 g/mol. The minimum atomic E-state index is -6.85. The summed E-state index contributed by atoms with van der Waals surface area (Å²) < 4.78 is 116. The zero-order chi connectivity index (χ0) is 21.2. The Morgan fingerprint density at radius 3 is 1.62 bits per heavy atom. The molecule has 29 heavy (non-hydrogen) atoms. The highest BCUT2D eigenvalue weighted by molar-refractivity contribution is 5.23. The van der Waals surface area contributed by atoms with Gasteiger partial charge in [0.25, 0.3) is 0 Å². The van der Waals surface area contributed by atoms with E-state index in [0.29, 0.717) is 6.42 Å². The van der Waals surface area contributed by atoms with Gasteiger partial charge >= 0.3 is 23.9 Å². The Balaban J connectivity index is 0.00000420. The minimum absolute atomic E-state index is 0. The van der Waals surface area contributed by atoms with Crippen molar-refractivity contribution in [3.8, 4) is 0 Å². The van der Waals surface area contributed by atoms with Crippen molar-refractivity contribution in [3.63, 3.8) is 0 Å². The molecule has 0 aliphatic heterocycles. The Hall–Kier alpha value is -1.53. The fourth-order valence-electron chi connectivity index (χ4n) is 2.42. The molecule has 0 N–H and O–H groups in total. The van der Waals surface area contributed by atoms with E-state index >= 15 is 0 Å². The van der Waals surface area contributed by atoms with Crippen LogP contribution in [0.4, 0.5) is 39.5 Å². The maximum Gasteiger partial charge on any atom is 0.460 e. The molecule has 0 saturated carbocycles. The second-order valence-electron chi connectivity index (χ2n) is 6.21. The number of pyridine rings is 1. The summed E-state index contributed by atoms with van der Waals surface area (Å²) in [7, 11) is 0. The minimum Gasteiger partial charge on any atom is -1.00 e. The Kier molecular flexibility index (Phi) is 7.99. The average Bonchev–Trinajstić information content (AvgIpc) is 2.61. The third kappa shape index (κ3) is 5.54. The lowest BCUT2D eigenvalue weighted by Gasteiger charge is -2.33. The van der Waals surface area contributed by atoms with Gasteiger partial charge in [-0.15, -0.1) is 0 Å². The van der Waals surface area contributed by atoms with E-state index in [0.717, 1.165) is 15.7 Å². The van der Waals surface area contributed by atoms with Crippen LogP contribution in [0.3, 0.4) is 0 Å². The van der Waals surface area contributed by atoms with Crippen molar-refractivity contribution in [2.45, 2.75) is 43.3 Å². The van der Waals surface area contributed by atoms with Gasteiger partial charge in [0.05, 0.1) is 6.42 Å². The van der Waals surface area contributed by atoms with Crippen LogP contribution in [0.5, 0.6) is 0 Å². The first-order chi connectivity index (χ1) is 12.8. The van der Waals surface area contributed by atoms with Crippen LogP contribution in [0.1, 0.15) is 17.5 Å². The van der Waals surface area contributed by atoms with Gasteiger partial charge in [-0.05, 0) is 17.5 Å². The molecule has 11 heteroatoms. The monoisotopic (exact) mass is 543 g/mol.